The molecule has 1 aromatic rings. The number of ether oxygens (including phenoxy) is 1. The van der Waals surface area contributed by atoms with Gasteiger partial charge in [0.05, 0.1) is 0 Å². The zero-order valence-corrected chi connectivity index (χ0v) is 11.6. The van der Waals surface area contributed by atoms with Gasteiger partial charge in [-0.25, -0.2) is 9.69 Å². The minimum atomic E-state index is -0.547. The summed E-state index contributed by atoms with van der Waals surface area (Å²) in [4.78, 5) is 25.4. The first-order valence-electron chi connectivity index (χ1n) is 6.78. The van der Waals surface area contributed by atoms with Gasteiger partial charge in [0.15, 0.2) is 0 Å². The molecule has 1 aliphatic heterocycles. The van der Waals surface area contributed by atoms with Gasteiger partial charge in [0, 0.05) is 6.42 Å². The molecular formula is C16H19NO3. The van der Waals surface area contributed by atoms with Crippen molar-refractivity contribution in [2.24, 2.45) is 5.92 Å². The van der Waals surface area contributed by atoms with Crippen LogP contribution < -0.4 is 0 Å². The predicted molar refractivity (Wildman–Crippen MR) is 76.0 cm³/mol. The highest BCUT2D eigenvalue weighted by Crippen LogP contribution is 2.29. The van der Waals surface area contributed by atoms with E-state index in [1.807, 2.05) is 37.3 Å². The minimum absolute atomic E-state index is 0.171. The third-order valence-corrected chi connectivity index (χ3v) is 3.42. The van der Waals surface area contributed by atoms with E-state index in [9.17, 15) is 9.59 Å². The minimum Gasteiger partial charge on any atom is -0.446 e. The fourth-order valence-corrected chi connectivity index (χ4v) is 2.38. The van der Waals surface area contributed by atoms with Crippen LogP contribution in [0.3, 0.4) is 0 Å². The molecule has 1 aromatic carbocycles. The Kier molecular flexibility index (Phi) is 4.56. The Hall–Kier alpha value is -2.10. The molecule has 1 heterocycles. The van der Waals surface area contributed by atoms with E-state index in [1.165, 1.54) is 4.90 Å². The molecule has 1 aliphatic rings. The highest BCUT2D eigenvalue weighted by molar-refractivity contribution is 5.93. The summed E-state index contributed by atoms with van der Waals surface area (Å²) in [7, 11) is 0. The van der Waals surface area contributed by atoms with E-state index in [0.29, 0.717) is 6.42 Å². The second kappa shape index (κ2) is 6.37. The van der Waals surface area contributed by atoms with Crippen LogP contribution in [0.2, 0.25) is 0 Å². The number of carbonyl (C=O) groups excluding carboxylic acids is 2. The molecule has 4 heteroatoms. The molecule has 0 saturated carbocycles. The lowest BCUT2D eigenvalue weighted by molar-refractivity contribution is -0.130. The Bertz CT molecular complexity index is 498. The maximum absolute atomic E-state index is 12.3. The van der Waals surface area contributed by atoms with Crippen molar-refractivity contribution in [1.29, 1.82) is 0 Å². The van der Waals surface area contributed by atoms with E-state index in [-0.39, 0.29) is 24.5 Å². The molecule has 0 bridgehead atoms. The Morgan fingerprint density at radius 2 is 2.20 bits per heavy atom. The summed E-state index contributed by atoms with van der Waals surface area (Å²) in [6.07, 6.45) is 2.32. The van der Waals surface area contributed by atoms with Crippen molar-refractivity contribution < 1.29 is 14.3 Å². The van der Waals surface area contributed by atoms with Crippen molar-refractivity contribution in [2.75, 3.05) is 6.61 Å². The highest BCUT2D eigenvalue weighted by atomic mass is 16.6. The van der Waals surface area contributed by atoms with Gasteiger partial charge in [-0.05, 0) is 17.9 Å². The van der Waals surface area contributed by atoms with Gasteiger partial charge in [-0.2, -0.15) is 0 Å². The van der Waals surface area contributed by atoms with E-state index < -0.39 is 6.09 Å². The average molecular weight is 273 g/mol. The number of cyclic esters (lactones) is 1. The molecule has 2 atom stereocenters. The van der Waals surface area contributed by atoms with Crippen LogP contribution in [0.4, 0.5) is 4.79 Å². The third-order valence-electron chi connectivity index (χ3n) is 3.42. The van der Waals surface area contributed by atoms with E-state index in [1.54, 1.807) is 6.08 Å². The number of allylic oxidation sites excluding steroid dienone is 1. The number of amides is 2. The van der Waals surface area contributed by atoms with Crippen molar-refractivity contribution in [3.05, 3.63) is 48.6 Å². The first-order valence-corrected chi connectivity index (χ1v) is 6.78. The second-order valence-corrected chi connectivity index (χ2v) is 5.10. The molecule has 2 rings (SSSR count). The van der Waals surface area contributed by atoms with Crippen LogP contribution in [0.1, 0.15) is 31.4 Å². The standard InChI is InChI=1S/C16H19NO3/c1-3-7-12(2)10-15(18)17-14(11-20-16(17)19)13-8-5-4-6-9-13/h3-6,8-9,12,14H,1,7,10-11H2,2H3/t12-,14-/m1/s1. The summed E-state index contributed by atoms with van der Waals surface area (Å²) in [5, 5.41) is 0. The maximum atomic E-state index is 12.3. The number of carbonyl (C=O) groups is 2. The van der Waals surface area contributed by atoms with Gasteiger partial charge in [0.25, 0.3) is 0 Å². The summed E-state index contributed by atoms with van der Waals surface area (Å²) >= 11 is 0. The summed E-state index contributed by atoms with van der Waals surface area (Å²) in [6.45, 7) is 5.86. The van der Waals surface area contributed by atoms with Gasteiger partial charge in [0.1, 0.15) is 12.6 Å². The smallest absolute Gasteiger partial charge is 0.417 e. The lowest BCUT2D eigenvalue weighted by Crippen LogP contribution is -2.35. The van der Waals surface area contributed by atoms with Crippen LogP contribution >= 0.6 is 0 Å². The highest BCUT2D eigenvalue weighted by Gasteiger charge is 2.38. The van der Waals surface area contributed by atoms with Gasteiger partial charge in [-0.15, -0.1) is 6.58 Å². The van der Waals surface area contributed by atoms with Crippen molar-refractivity contribution in [3.63, 3.8) is 0 Å². The van der Waals surface area contributed by atoms with Crippen LogP contribution in [0.15, 0.2) is 43.0 Å². The van der Waals surface area contributed by atoms with Gasteiger partial charge in [-0.3, -0.25) is 4.79 Å². The molecule has 106 valence electrons. The quantitative estimate of drug-likeness (QED) is 0.773. The first-order chi connectivity index (χ1) is 9.63. The molecule has 0 N–H and O–H groups in total. The molecule has 1 saturated heterocycles. The number of benzene rings is 1. The van der Waals surface area contributed by atoms with E-state index in [2.05, 4.69) is 6.58 Å². The molecule has 0 aromatic heterocycles. The van der Waals surface area contributed by atoms with Crippen LogP contribution in [0.5, 0.6) is 0 Å². The molecule has 2 amide bonds. The second-order valence-electron chi connectivity index (χ2n) is 5.10. The van der Waals surface area contributed by atoms with Gasteiger partial charge in [-0.1, -0.05) is 43.3 Å². The van der Waals surface area contributed by atoms with Crippen LogP contribution in [0, 0.1) is 5.92 Å². The number of hydrogen-bond acceptors (Lipinski definition) is 3. The zero-order chi connectivity index (χ0) is 14.5. The normalized spacial score (nSPS) is 19.6. The number of nitrogens with zero attached hydrogens (tertiary/aromatic N) is 1. The van der Waals surface area contributed by atoms with Gasteiger partial charge < -0.3 is 4.74 Å². The molecule has 0 radical (unpaired) electrons. The molecular weight excluding hydrogens is 254 g/mol. The zero-order valence-electron chi connectivity index (χ0n) is 11.6. The number of rotatable bonds is 5. The molecule has 0 unspecified atom stereocenters. The van der Waals surface area contributed by atoms with E-state index >= 15 is 0 Å². The van der Waals surface area contributed by atoms with E-state index in [4.69, 9.17) is 4.74 Å². The molecule has 20 heavy (non-hydrogen) atoms. The predicted octanol–water partition coefficient (Wildman–Crippen LogP) is 3.31. The molecule has 0 spiro atoms. The Morgan fingerprint density at radius 3 is 2.85 bits per heavy atom. The Labute approximate surface area is 119 Å². The summed E-state index contributed by atoms with van der Waals surface area (Å²) in [6, 6.07) is 9.18. The van der Waals surface area contributed by atoms with Crippen LogP contribution in [-0.4, -0.2) is 23.5 Å². The van der Waals surface area contributed by atoms with Crippen molar-refractivity contribution in [3.8, 4) is 0 Å². The van der Waals surface area contributed by atoms with Crippen LogP contribution in [-0.2, 0) is 9.53 Å². The van der Waals surface area contributed by atoms with Gasteiger partial charge in [0.2, 0.25) is 5.91 Å². The fraction of sp³-hybridized carbons (Fsp3) is 0.375. The average Bonchev–Trinajstić information content (AvgIpc) is 2.82. The SMILES string of the molecule is C=CC[C@@H](C)CC(=O)N1C(=O)OC[C@@H]1c1ccccc1. The molecule has 1 fully saturated rings. The topological polar surface area (TPSA) is 46.6 Å². The van der Waals surface area contributed by atoms with Crippen LogP contribution in [0.25, 0.3) is 0 Å². The Morgan fingerprint density at radius 1 is 1.50 bits per heavy atom. The third kappa shape index (κ3) is 3.07. The number of imide groups is 1. The summed E-state index contributed by atoms with van der Waals surface area (Å²) in [5.41, 5.74) is 0.920. The number of hydrogen-bond donors (Lipinski definition) is 0. The largest absolute Gasteiger partial charge is 0.446 e. The fourth-order valence-electron chi connectivity index (χ4n) is 2.38. The lowest BCUT2D eigenvalue weighted by atomic mass is 10.0. The van der Waals surface area contributed by atoms with Crippen molar-refractivity contribution in [1.82, 2.24) is 4.90 Å². The van der Waals surface area contributed by atoms with E-state index in [0.717, 1.165) is 12.0 Å². The van der Waals surface area contributed by atoms with Crippen molar-refractivity contribution in [2.45, 2.75) is 25.8 Å². The summed E-state index contributed by atoms with van der Waals surface area (Å²) in [5.74, 6) is -0.0134. The van der Waals surface area contributed by atoms with Gasteiger partial charge >= 0.3 is 6.09 Å². The lowest BCUT2D eigenvalue weighted by Gasteiger charge is -2.21. The summed E-state index contributed by atoms with van der Waals surface area (Å²) < 4.78 is 5.04. The first kappa shape index (κ1) is 14.3. The molecule has 4 nitrogen and oxygen atoms in total. The maximum Gasteiger partial charge on any atom is 0.417 e. The monoisotopic (exact) mass is 273 g/mol. The van der Waals surface area contributed by atoms with Crippen molar-refractivity contribution >= 4 is 12.0 Å². The Balaban J connectivity index is 2.13. The molecule has 0 aliphatic carbocycles.